The highest BCUT2D eigenvalue weighted by Crippen LogP contribution is 2.25. The van der Waals surface area contributed by atoms with Crippen molar-refractivity contribution in [3.8, 4) is 0 Å². The maximum Gasteiger partial charge on any atom is 0.0192 e. The van der Waals surface area contributed by atoms with E-state index in [1.54, 1.807) is 0 Å². The van der Waals surface area contributed by atoms with Crippen LogP contribution >= 0.6 is 0 Å². The minimum atomic E-state index is 0.699. The molecule has 18 heavy (non-hydrogen) atoms. The Labute approximate surface area is 115 Å². The van der Waals surface area contributed by atoms with E-state index in [-0.39, 0.29) is 0 Å². The molecule has 1 unspecified atom stereocenters. The quantitative estimate of drug-likeness (QED) is 0.701. The molecule has 0 aromatic heterocycles. The minimum absolute atomic E-state index is 0.699. The standard InChI is InChI=1S/C16H34N2/c1-13(2)6-9-17-12-15(5)18-10-7-16(8-11-18)14(3)4/h13-17H,6-12H2,1-5H3. The third kappa shape index (κ3) is 5.71. The number of piperidine rings is 1. The zero-order chi connectivity index (χ0) is 13.5. The Hall–Kier alpha value is -0.0800. The molecule has 1 saturated heterocycles. The third-order valence-electron chi connectivity index (χ3n) is 4.48. The molecule has 2 nitrogen and oxygen atoms in total. The van der Waals surface area contributed by atoms with Crippen LogP contribution in [0.1, 0.15) is 53.9 Å². The van der Waals surface area contributed by atoms with Gasteiger partial charge in [-0.15, -0.1) is 0 Å². The predicted octanol–water partition coefficient (Wildman–Crippen LogP) is 3.38. The average molecular weight is 254 g/mol. The smallest absolute Gasteiger partial charge is 0.0192 e. The van der Waals surface area contributed by atoms with Gasteiger partial charge in [0.25, 0.3) is 0 Å². The second kappa shape index (κ2) is 8.16. The first-order chi connectivity index (χ1) is 8.50. The van der Waals surface area contributed by atoms with Crippen molar-refractivity contribution in [3.05, 3.63) is 0 Å². The molecule has 1 aliphatic rings. The number of hydrogen-bond donors (Lipinski definition) is 1. The predicted molar refractivity (Wildman–Crippen MR) is 80.9 cm³/mol. The molecule has 108 valence electrons. The highest BCUT2D eigenvalue weighted by molar-refractivity contribution is 4.78. The van der Waals surface area contributed by atoms with E-state index in [0.717, 1.165) is 24.3 Å². The minimum Gasteiger partial charge on any atom is -0.315 e. The van der Waals surface area contributed by atoms with Gasteiger partial charge in [-0.25, -0.2) is 0 Å². The maximum atomic E-state index is 3.61. The van der Waals surface area contributed by atoms with Gasteiger partial charge >= 0.3 is 0 Å². The molecule has 0 aliphatic carbocycles. The normalized spacial score (nSPS) is 20.8. The summed E-state index contributed by atoms with van der Waals surface area (Å²) in [6.07, 6.45) is 4.09. The van der Waals surface area contributed by atoms with Crippen molar-refractivity contribution in [3.63, 3.8) is 0 Å². The Kier molecular flexibility index (Phi) is 7.25. The summed E-state index contributed by atoms with van der Waals surface area (Å²) in [7, 11) is 0. The van der Waals surface area contributed by atoms with E-state index in [9.17, 15) is 0 Å². The fourth-order valence-corrected chi connectivity index (χ4v) is 2.86. The molecule has 0 bridgehead atoms. The first-order valence-corrected chi connectivity index (χ1v) is 7.95. The Bertz CT molecular complexity index is 205. The Morgan fingerprint density at radius 2 is 1.67 bits per heavy atom. The van der Waals surface area contributed by atoms with Crippen LogP contribution in [0, 0.1) is 17.8 Å². The second-order valence-electron chi connectivity index (χ2n) is 6.85. The van der Waals surface area contributed by atoms with Crippen LogP contribution in [-0.2, 0) is 0 Å². The highest BCUT2D eigenvalue weighted by atomic mass is 15.2. The van der Waals surface area contributed by atoms with Gasteiger partial charge in [0.2, 0.25) is 0 Å². The molecular weight excluding hydrogens is 220 g/mol. The lowest BCUT2D eigenvalue weighted by Crippen LogP contribution is -2.45. The van der Waals surface area contributed by atoms with Gasteiger partial charge in [0.1, 0.15) is 0 Å². The van der Waals surface area contributed by atoms with E-state index in [1.165, 1.54) is 38.9 Å². The largest absolute Gasteiger partial charge is 0.315 e. The summed E-state index contributed by atoms with van der Waals surface area (Å²) in [4.78, 5) is 2.67. The third-order valence-corrected chi connectivity index (χ3v) is 4.48. The summed E-state index contributed by atoms with van der Waals surface area (Å²) in [6.45, 7) is 16.6. The lowest BCUT2D eigenvalue weighted by Gasteiger charge is -2.37. The van der Waals surface area contributed by atoms with Crippen molar-refractivity contribution >= 4 is 0 Å². The number of likely N-dealkylation sites (tertiary alicyclic amines) is 1. The van der Waals surface area contributed by atoms with E-state index in [0.29, 0.717) is 6.04 Å². The van der Waals surface area contributed by atoms with Gasteiger partial charge < -0.3 is 5.32 Å². The van der Waals surface area contributed by atoms with Crippen molar-refractivity contribution in [2.75, 3.05) is 26.2 Å². The first-order valence-electron chi connectivity index (χ1n) is 7.95. The van der Waals surface area contributed by atoms with Gasteiger partial charge in [-0.3, -0.25) is 4.90 Å². The van der Waals surface area contributed by atoms with Crippen LogP contribution in [-0.4, -0.2) is 37.1 Å². The van der Waals surface area contributed by atoms with E-state index in [1.807, 2.05) is 0 Å². The molecule has 1 rings (SSSR count). The van der Waals surface area contributed by atoms with Gasteiger partial charge in [0.15, 0.2) is 0 Å². The summed E-state index contributed by atoms with van der Waals surface area (Å²) in [5, 5.41) is 3.61. The summed E-state index contributed by atoms with van der Waals surface area (Å²) >= 11 is 0. The highest BCUT2D eigenvalue weighted by Gasteiger charge is 2.23. The molecule has 1 aliphatic heterocycles. The van der Waals surface area contributed by atoms with Gasteiger partial charge in [0, 0.05) is 12.6 Å². The molecule has 1 atom stereocenters. The fraction of sp³-hybridized carbons (Fsp3) is 1.00. The molecule has 0 amide bonds. The fourth-order valence-electron chi connectivity index (χ4n) is 2.86. The molecule has 0 radical (unpaired) electrons. The summed E-state index contributed by atoms with van der Waals surface area (Å²) in [6, 6.07) is 0.699. The number of hydrogen-bond acceptors (Lipinski definition) is 2. The van der Waals surface area contributed by atoms with E-state index < -0.39 is 0 Å². The second-order valence-corrected chi connectivity index (χ2v) is 6.85. The average Bonchev–Trinajstić information content (AvgIpc) is 2.34. The Morgan fingerprint density at radius 1 is 1.06 bits per heavy atom. The SMILES string of the molecule is CC(C)CCNCC(C)N1CCC(C(C)C)CC1. The zero-order valence-corrected chi connectivity index (χ0v) is 13.2. The number of nitrogens with zero attached hydrogens (tertiary/aromatic N) is 1. The zero-order valence-electron chi connectivity index (χ0n) is 13.2. The molecular formula is C16H34N2. The molecule has 1 fully saturated rings. The maximum absolute atomic E-state index is 3.61. The molecule has 2 heteroatoms. The van der Waals surface area contributed by atoms with Crippen LogP contribution in [0.25, 0.3) is 0 Å². The van der Waals surface area contributed by atoms with Crippen LogP contribution in [0.5, 0.6) is 0 Å². The molecule has 0 aromatic rings. The molecule has 0 spiro atoms. The monoisotopic (exact) mass is 254 g/mol. The summed E-state index contributed by atoms with van der Waals surface area (Å²) in [5.41, 5.74) is 0. The van der Waals surface area contributed by atoms with Crippen molar-refractivity contribution < 1.29 is 0 Å². The van der Waals surface area contributed by atoms with Crippen molar-refractivity contribution in [2.24, 2.45) is 17.8 Å². The molecule has 1 heterocycles. The van der Waals surface area contributed by atoms with Crippen molar-refractivity contribution in [2.45, 2.75) is 59.9 Å². The number of nitrogens with one attached hydrogen (secondary N) is 1. The van der Waals surface area contributed by atoms with Crippen molar-refractivity contribution in [1.29, 1.82) is 0 Å². The summed E-state index contributed by atoms with van der Waals surface area (Å²) < 4.78 is 0. The topological polar surface area (TPSA) is 15.3 Å². The van der Waals surface area contributed by atoms with Gasteiger partial charge in [-0.05, 0) is 63.6 Å². The van der Waals surface area contributed by atoms with Crippen LogP contribution < -0.4 is 5.32 Å². The van der Waals surface area contributed by atoms with Gasteiger partial charge in [-0.2, -0.15) is 0 Å². The number of rotatable bonds is 7. The first kappa shape index (κ1) is 16.0. The van der Waals surface area contributed by atoms with Crippen molar-refractivity contribution in [1.82, 2.24) is 10.2 Å². The van der Waals surface area contributed by atoms with E-state index >= 15 is 0 Å². The van der Waals surface area contributed by atoms with E-state index in [4.69, 9.17) is 0 Å². The van der Waals surface area contributed by atoms with Crippen LogP contribution in [0.2, 0.25) is 0 Å². The molecule has 0 aromatic carbocycles. The van der Waals surface area contributed by atoms with Gasteiger partial charge in [-0.1, -0.05) is 27.7 Å². The van der Waals surface area contributed by atoms with Crippen LogP contribution in [0.15, 0.2) is 0 Å². The summed E-state index contributed by atoms with van der Waals surface area (Å²) in [5.74, 6) is 2.64. The lowest BCUT2D eigenvalue weighted by atomic mass is 9.86. The Morgan fingerprint density at radius 3 is 2.17 bits per heavy atom. The van der Waals surface area contributed by atoms with Crippen LogP contribution in [0.3, 0.4) is 0 Å². The molecule has 0 saturated carbocycles. The molecule has 1 N–H and O–H groups in total. The van der Waals surface area contributed by atoms with Crippen LogP contribution in [0.4, 0.5) is 0 Å². The van der Waals surface area contributed by atoms with Gasteiger partial charge in [0.05, 0.1) is 0 Å². The lowest BCUT2D eigenvalue weighted by molar-refractivity contribution is 0.120. The Balaban J connectivity index is 2.14. The van der Waals surface area contributed by atoms with E-state index in [2.05, 4.69) is 44.8 Å².